The van der Waals surface area contributed by atoms with Crippen LogP contribution in [-0.2, 0) is 0 Å². The van der Waals surface area contributed by atoms with Gasteiger partial charge >= 0.3 is 0 Å². The van der Waals surface area contributed by atoms with Gasteiger partial charge in [0, 0.05) is 14.7 Å². The Kier molecular flexibility index (Phi) is 2.31. The normalized spacial score (nSPS) is 10.3. The molecule has 0 aromatic heterocycles. The van der Waals surface area contributed by atoms with E-state index in [0.717, 1.165) is 10.2 Å². The van der Waals surface area contributed by atoms with Gasteiger partial charge in [0.1, 0.15) is 0 Å². The summed E-state index contributed by atoms with van der Waals surface area (Å²) in [4.78, 5) is 0. The van der Waals surface area contributed by atoms with Crippen LogP contribution in [0.2, 0.25) is 0 Å². The highest BCUT2D eigenvalue weighted by Gasteiger charge is 1.97. The highest BCUT2D eigenvalue weighted by molar-refractivity contribution is 9.10. The Morgan fingerprint density at radius 2 is 1.60 bits per heavy atom. The van der Waals surface area contributed by atoms with Gasteiger partial charge in [0.25, 0.3) is 0 Å². The molecule has 0 unspecified atom stereocenters. The molecule has 0 radical (unpaired) electrons. The van der Waals surface area contributed by atoms with Gasteiger partial charge in [0.15, 0.2) is 0 Å². The van der Waals surface area contributed by atoms with E-state index in [4.69, 9.17) is 0 Å². The minimum atomic E-state index is 1.15. The van der Waals surface area contributed by atoms with Crippen LogP contribution in [0.25, 0.3) is 0 Å². The third-order valence-electron chi connectivity index (χ3n) is 1.58. The summed E-state index contributed by atoms with van der Waals surface area (Å²) >= 11 is 3.53. The van der Waals surface area contributed by atoms with Gasteiger partial charge in [-0.05, 0) is 25.0 Å². The third-order valence-corrected chi connectivity index (χ3v) is 3.41. The molecule has 1 aromatic carbocycles. The molecule has 0 saturated carbocycles. The first-order valence-electron chi connectivity index (χ1n) is 3.34. The summed E-state index contributed by atoms with van der Waals surface area (Å²) in [5.74, 6) is 0. The van der Waals surface area contributed by atoms with Crippen molar-refractivity contribution in [3.63, 3.8) is 0 Å². The zero-order chi connectivity index (χ0) is 7.72. The van der Waals surface area contributed by atoms with Gasteiger partial charge in [-0.15, -0.1) is 0 Å². The molecule has 2 heteroatoms. The summed E-state index contributed by atoms with van der Waals surface area (Å²) in [6.45, 7) is 4.27. The fourth-order valence-corrected chi connectivity index (χ4v) is 2.26. The molecule has 0 heterocycles. The van der Waals surface area contributed by atoms with Crippen LogP contribution in [0, 0.1) is 13.8 Å². The Morgan fingerprint density at radius 3 is 2.00 bits per heavy atom. The average molecular weight is 215 g/mol. The second kappa shape index (κ2) is 2.89. The van der Waals surface area contributed by atoms with Crippen molar-refractivity contribution >= 4 is 31.4 Å². The summed E-state index contributed by atoms with van der Waals surface area (Å²) in [6, 6.07) is 4.48. The smallest absolute Gasteiger partial charge is 0.0385 e. The Hall–Kier alpha value is -0.0831. The Labute approximate surface area is 73.2 Å². The zero-order valence-electron chi connectivity index (χ0n) is 6.53. The molecule has 0 nitrogen and oxygen atoms in total. The standard InChI is InChI=1S/C8H11BrSi/c1-5-3-7(10)4-6(2)8(5)9/h3-4H,1-2,10H3. The maximum Gasteiger partial charge on any atom is 0.0385 e. The number of hydrogen-bond acceptors (Lipinski definition) is 0. The van der Waals surface area contributed by atoms with Crippen LogP contribution in [0.1, 0.15) is 11.1 Å². The average Bonchev–Trinajstić information content (AvgIpc) is 1.82. The number of benzene rings is 1. The zero-order valence-corrected chi connectivity index (χ0v) is 10.1. The summed E-state index contributed by atoms with van der Waals surface area (Å²) < 4.78 is 1.26. The van der Waals surface area contributed by atoms with Gasteiger partial charge in [-0.2, -0.15) is 0 Å². The molecule has 0 amide bonds. The maximum atomic E-state index is 3.53. The summed E-state index contributed by atoms with van der Waals surface area (Å²) in [7, 11) is 1.15. The molecule has 0 N–H and O–H groups in total. The van der Waals surface area contributed by atoms with Crippen molar-refractivity contribution in [1.29, 1.82) is 0 Å². The van der Waals surface area contributed by atoms with Crippen LogP contribution in [0.5, 0.6) is 0 Å². The number of aryl methyl sites for hydroxylation is 2. The van der Waals surface area contributed by atoms with Crippen molar-refractivity contribution in [3.8, 4) is 0 Å². The molecule has 0 bridgehead atoms. The first kappa shape index (κ1) is 8.02. The highest BCUT2D eigenvalue weighted by atomic mass is 79.9. The third kappa shape index (κ3) is 1.50. The van der Waals surface area contributed by atoms with Crippen LogP contribution >= 0.6 is 15.9 Å². The summed E-state index contributed by atoms with van der Waals surface area (Å²) in [6.07, 6.45) is 0. The van der Waals surface area contributed by atoms with E-state index >= 15 is 0 Å². The van der Waals surface area contributed by atoms with E-state index < -0.39 is 0 Å². The van der Waals surface area contributed by atoms with Crippen LogP contribution in [0.3, 0.4) is 0 Å². The molecular weight excluding hydrogens is 204 g/mol. The fraction of sp³-hybridized carbons (Fsp3) is 0.250. The molecule has 0 saturated heterocycles. The lowest BCUT2D eigenvalue weighted by Gasteiger charge is -2.03. The quantitative estimate of drug-likeness (QED) is 0.567. The minimum Gasteiger partial charge on any atom is -0.0702 e. The SMILES string of the molecule is Cc1cc([SiH3])cc(C)c1Br. The van der Waals surface area contributed by atoms with E-state index in [2.05, 4.69) is 41.9 Å². The lowest BCUT2D eigenvalue weighted by Crippen LogP contribution is -2.03. The second-order valence-corrected chi connectivity index (χ2v) is 4.66. The topological polar surface area (TPSA) is 0 Å². The molecule has 0 fully saturated rings. The summed E-state index contributed by atoms with van der Waals surface area (Å²) in [5, 5.41) is 1.47. The molecule has 1 rings (SSSR count). The number of halogens is 1. The molecule has 1 aromatic rings. The molecule has 0 aliphatic rings. The monoisotopic (exact) mass is 214 g/mol. The lowest BCUT2D eigenvalue weighted by atomic mass is 10.2. The Bertz CT molecular complexity index is 232. The van der Waals surface area contributed by atoms with E-state index in [1.807, 2.05) is 0 Å². The Balaban J connectivity index is 3.31. The molecule has 0 aliphatic carbocycles. The van der Waals surface area contributed by atoms with Gasteiger partial charge < -0.3 is 0 Å². The first-order valence-corrected chi connectivity index (χ1v) is 5.14. The number of hydrogen-bond donors (Lipinski definition) is 0. The van der Waals surface area contributed by atoms with Gasteiger partial charge in [0.05, 0.1) is 0 Å². The second-order valence-electron chi connectivity index (χ2n) is 2.71. The van der Waals surface area contributed by atoms with Crippen LogP contribution < -0.4 is 5.19 Å². The van der Waals surface area contributed by atoms with E-state index in [9.17, 15) is 0 Å². The van der Waals surface area contributed by atoms with Gasteiger partial charge in [-0.1, -0.05) is 33.2 Å². The minimum absolute atomic E-state index is 1.15. The van der Waals surface area contributed by atoms with E-state index in [0.29, 0.717) is 0 Å². The molecule has 0 atom stereocenters. The fourth-order valence-electron chi connectivity index (χ4n) is 1.16. The van der Waals surface area contributed by atoms with Crippen molar-refractivity contribution in [1.82, 2.24) is 0 Å². The van der Waals surface area contributed by atoms with Gasteiger partial charge in [0.2, 0.25) is 0 Å². The van der Waals surface area contributed by atoms with Gasteiger partial charge in [-0.3, -0.25) is 0 Å². The maximum absolute atomic E-state index is 3.53. The highest BCUT2D eigenvalue weighted by Crippen LogP contribution is 2.18. The predicted octanol–water partition coefficient (Wildman–Crippen LogP) is 1.06. The lowest BCUT2D eigenvalue weighted by molar-refractivity contribution is 1.36. The van der Waals surface area contributed by atoms with Crippen molar-refractivity contribution in [2.24, 2.45) is 0 Å². The van der Waals surface area contributed by atoms with Crippen LogP contribution in [-0.4, -0.2) is 10.2 Å². The van der Waals surface area contributed by atoms with E-state index in [1.165, 1.54) is 20.8 Å². The number of rotatable bonds is 0. The van der Waals surface area contributed by atoms with Crippen molar-refractivity contribution in [2.45, 2.75) is 13.8 Å². The van der Waals surface area contributed by atoms with Crippen LogP contribution in [0.15, 0.2) is 16.6 Å². The molecule has 54 valence electrons. The van der Waals surface area contributed by atoms with E-state index in [-0.39, 0.29) is 0 Å². The van der Waals surface area contributed by atoms with Crippen molar-refractivity contribution in [3.05, 3.63) is 27.7 Å². The van der Waals surface area contributed by atoms with Crippen molar-refractivity contribution in [2.75, 3.05) is 0 Å². The molecule has 0 aliphatic heterocycles. The Morgan fingerprint density at radius 1 is 1.20 bits per heavy atom. The molecule has 0 spiro atoms. The summed E-state index contributed by atoms with van der Waals surface area (Å²) in [5.41, 5.74) is 2.70. The first-order chi connectivity index (χ1) is 4.61. The molecular formula is C8H11BrSi. The molecule has 10 heavy (non-hydrogen) atoms. The van der Waals surface area contributed by atoms with Crippen molar-refractivity contribution < 1.29 is 0 Å². The van der Waals surface area contributed by atoms with E-state index in [1.54, 1.807) is 0 Å². The largest absolute Gasteiger partial charge is 0.0702 e. The predicted molar refractivity (Wildman–Crippen MR) is 53.2 cm³/mol. The van der Waals surface area contributed by atoms with Crippen LogP contribution in [0.4, 0.5) is 0 Å². The van der Waals surface area contributed by atoms with Gasteiger partial charge in [-0.25, -0.2) is 0 Å².